The fraction of sp³-hybridized carbons (Fsp3) is 0.667. The number of nitrogens with zero attached hydrogens (tertiary/aromatic N) is 1. The monoisotopic (exact) mass is 302 g/mol. The summed E-state index contributed by atoms with van der Waals surface area (Å²) in [5.74, 6) is -5.03. The summed E-state index contributed by atoms with van der Waals surface area (Å²) >= 11 is 0. The van der Waals surface area contributed by atoms with Crippen LogP contribution < -0.4 is 5.32 Å². The van der Waals surface area contributed by atoms with E-state index in [4.69, 9.17) is 10.2 Å². The van der Waals surface area contributed by atoms with Crippen molar-refractivity contribution in [2.75, 3.05) is 26.2 Å². The van der Waals surface area contributed by atoms with Gasteiger partial charge in [0.2, 0.25) is 5.91 Å². The molecule has 0 aromatic carbocycles. The Kier molecular flexibility index (Phi) is 6.10. The molecule has 1 aliphatic heterocycles. The largest absolute Gasteiger partial charge is 0.481 e. The summed E-state index contributed by atoms with van der Waals surface area (Å²) in [6, 6.07) is 0. The molecule has 0 aromatic rings. The molecule has 3 N–H and O–H groups in total. The lowest BCUT2D eigenvalue weighted by Gasteiger charge is -2.33. The number of carboxylic acid groups (broad SMARTS) is 2. The number of aliphatic carboxylic acids is 2. The van der Waals surface area contributed by atoms with Gasteiger partial charge in [-0.25, -0.2) is 4.79 Å². The van der Waals surface area contributed by atoms with Gasteiger partial charge in [-0.3, -0.25) is 24.6 Å². The number of nitrogens with one attached hydrogen (secondary N) is 1. The molecule has 9 nitrogen and oxygen atoms in total. The van der Waals surface area contributed by atoms with Crippen molar-refractivity contribution < 1.29 is 34.1 Å². The first kappa shape index (κ1) is 16.9. The van der Waals surface area contributed by atoms with Crippen molar-refractivity contribution in [2.45, 2.75) is 13.3 Å². The molecule has 1 aliphatic rings. The smallest absolute Gasteiger partial charge is 0.413 e. The standard InChI is InChI=1S/C12H18N2O7/c1-2-21-12(20)13-9(15)6-14-4-3-7(10(16)17)8(5-14)11(18)19/h7-8H,2-6H2,1H3,(H,16,17)(H,18,19)(H,13,15,20). The maximum atomic E-state index is 11.6. The first-order valence-electron chi connectivity index (χ1n) is 6.49. The van der Waals surface area contributed by atoms with Gasteiger partial charge >= 0.3 is 18.0 Å². The zero-order valence-corrected chi connectivity index (χ0v) is 11.6. The van der Waals surface area contributed by atoms with Gasteiger partial charge in [-0.15, -0.1) is 0 Å². The molecule has 0 bridgehead atoms. The minimum absolute atomic E-state index is 0.0530. The zero-order valence-electron chi connectivity index (χ0n) is 11.6. The van der Waals surface area contributed by atoms with Crippen LogP contribution in [0.4, 0.5) is 4.79 Å². The number of amides is 2. The van der Waals surface area contributed by atoms with Gasteiger partial charge < -0.3 is 14.9 Å². The first-order chi connectivity index (χ1) is 9.85. The van der Waals surface area contributed by atoms with Gasteiger partial charge in [0.1, 0.15) is 0 Å². The Balaban J connectivity index is 2.54. The van der Waals surface area contributed by atoms with Gasteiger partial charge in [0.25, 0.3) is 0 Å². The van der Waals surface area contributed by atoms with Gasteiger partial charge in [-0.1, -0.05) is 0 Å². The highest BCUT2D eigenvalue weighted by Gasteiger charge is 2.39. The summed E-state index contributed by atoms with van der Waals surface area (Å²) in [6.45, 7) is 1.76. The van der Waals surface area contributed by atoms with E-state index in [1.165, 1.54) is 4.90 Å². The van der Waals surface area contributed by atoms with Gasteiger partial charge in [0.15, 0.2) is 0 Å². The third-order valence-electron chi connectivity index (χ3n) is 3.22. The van der Waals surface area contributed by atoms with Crippen LogP contribution in [0.1, 0.15) is 13.3 Å². The molecule has 1 saturated heterocycles. The maximum absolute atomic E-state index is 11.6. The second kappa shape index (κ2) is 7.58. The second-order valence-corrected chi connectivity index (χ2v) is 4.68. The molecule has 2 unspecified atom stereocenters. The van der Waals surface area contributed by atoms with Crippen LogP contribution in [0, 0.1) is 11.8 Å². The van der Waals surface area contributed by atoms with E-state index in [1.54, 1.807) is 6.92 Å². The minimum atomic E-state index is -1.21. The third kappa shape index (κ3) is 5.03. The highest BCUT2D eigenvalue weighted by Crippen LogP contribution is 2.24. The second-order valence-electron chi connectivity index (χ2n) is 4.68. The number of hydrogen-bond donors (Lipinski definition) is 3. The number of carboxylic acids is 2. The molecule has 9 heteroatoms. The van der Waals surface area contributed by atoms with Crippen LogP contribution in [0.5, 0.6) is 0 Å². The highest BCUT2D eigenvalue weighted by atomic mass is 16.5. The van der Waals surface area contributed by atoms with Gasteiger partial charge in [-0.05, 0) is 19.9 Å². The molecular formula is C12H18N2O7. The van der Waals surface area contributed by atoms with Crippen molar-refractivity contribution in [3.63, 3.8) is 0 Å². The SMILES string of the molecule is CCOC(=O)NC(=O)CN1CCC(C(=O)O)C(C(=O)O)C1. The van der Waals surface area contributed by atoms with E-state index < -0.39 is 35.8 Å². The average Bonchev–Trinajstić information content (AvgIpc) is 2.38. The lowest BCUT2D eigenvalue weighted by Crippen LogP contribution is -2.49. The molecule has 0 spiro atoms. The van der Waals surface area contributed by atoms with E-state index in [1.807, 2.05) is 5.32 Å². The predicted molar refractivity (Wildman–Crippen MR) is 68.5 cm³/mol. The van der Waals surface area contributed by atoms with Gasteiger partial charge in [-0.2, -0.15) is 0 Å². The summed E-state index contributed by atoms with van der Waals surface area (Å²) in [6.07, 6.45) is -0.725. The number of ether oxygens (including phenoxy) is 1. The van der Waals surface area contributed by atoms with Gasteiger partial charge in [0.05, 0.1) is 25.0 Å². The normalized spacial score (nSPS) is 22.3. The number of piperidine rings is 1. The topological polar surface area (TPSA) is 133 Å². The van der Waals surface area contributed by atoms with Crippen molar-refractivity contribution in [3.05, 3.63) is 0 Å². The number of imide groups is 1. The third-order valence-corrected chi connectivity index (χ3v) is 3.22. The quantitative estimate of drug-likeness (QED) is 0.611. The number of hydrogen-bond acceptors (Lipinski definition) is 6. The fourth-order valence-corrected chi connectivity index (χ4v) is 2.23. The average molecular weight is 302 g/mol. The van der Waals surface area contributed by atoms with E-state index in [-0.39, 0.29) is 32.7 Å². The number of carbonyl (C=O) groups is 4. The molecule has 1 rings (SSSR count). The Morgan fingerprint density at radius 3 is 2.33 bits per heavy atom. The predicted octanol–water partition coefficient (Wildman–Crippen LogP) is -0.634. The van der Waals surface area contributed by atoms with Gasteiger partial charge in [0, 0.05) is 6.54 Å². The molecule has 0 aromatic heterocycles. The lowest BCUT2D eigenvalue weighted by molar-refractivity contribution is -0.157. The van der Waals surface area contributed by atoms with E-state index in [0.29, 0.717) is 0 Å². The van der Waals surface area contributed by atoms with Crippen LogP contribution >= 0.6 is 0 Å². The molecule has 1 fully saturated rings. The van der Waals surface area contributed by atoms with Crippen molar-refractivity contribution in [1.29, 1.82) is 0 Å². The van der Waals surface area contributed by atoms with Crippen molar-refractivity contribution in [1.82, 2.24) is 10.2 Å². The van der Waals surface area contributed by atoms with E-state index in [0.717, 1.165) is 0 Å². The minimum Gasteiger partial charge on any atom is -0.481 e. The lowest BCUT2D eigenvalue weighted by atomic mass is 9.85. The molecule has 0 radical (unpaired) electrons. The van der Waals surface area contributed by atoms with Crippen molar-refractivity contribution >= 4 is 23.9 Å². The Morgan fingerprint density at radius 1 is 1.19 bits per heavy atom. The summed E-state index contributed by atoms with van der Waals surface area (Å²) in [5, 5.41) is 20.0. The highest BCUT2D eigenvalue weighted by molar-refractivity contribution is 5.92. The van der Waals surface area contributed by atoms with E-state index in [9.17, 15) is 19.2 Å². The van der Waals surface area contributed by atoms with E-state index in [2.05, 4.69) is 4.74 Å². The molecule has 1 heterocycles. The maximum Gasteiger partial charge on any atom is 0.413 e. The Hall–Kier alpha value is -2.16. The molecule has 118 valence electrons. The number of likely N-dealkylation sites (tertiary alicyclic amines) is 1. The number of alkyl carbamates (subject to hydrolysis) is 1. The first-order valence-corrected chi connectivity index (χ1v) is 6.49. The van der Waals surface area contributed by atoms with Crippen LogP contribution in [0.3, 0.4) is 0 Å². The fourth-order valence-electron chi connectivity index (χ4n) is 2.23. The molecule has 0 aliphatic carbocycles. The molecule has 2 amide bonds. The number of rotatable bonds is 5. The summed E-state index contributed by atoms with van der Waals surface area (Å²) < 4.78 is 4.55. The van der Waals surface area contributed by atoms with Crippen LogP contribution in [-0.2, 0) is 19.1 Å². The molecular weight excluding hydrogens is 284 g/mol. The van der Waals surface area contributed by atoms with Crippen LogP contribution in [0.15, 0.2) is 0 Å². The van der Waals surface area contributed by atoms with Crippen LogP contribution in [0.25, 0.3) is 0 Å². The summed E-state index contributed by atoms with van der Waals surface area (Å²) in [5.41, 5.74) is 0. The molecule has 2 atom stereocenters. The van der Waals surface area contributed by atoms with Crippen molar-refractivity contribution in [3.8, 4) is 0 Å². The number of carbonyl (C=O) groups excluding carboxylic acids is 2. The Morgan fingerprint density at radius 2 is 1.81 bits per heavy atom. The zero-order chi connectivity index (χ0) is 16.0. The molecule has 21 heavy (non-hydrogen) atoms. The summed E-state index contributed by atoms with van der Waals surface area (Å²) in [7, 11) is 0. The summed E-state index contributed by atoms with van der Waals surface area (Å²) in [4.78, 5) is 46.2. The molecule has 0 saturated carbocycles. The van der Waals surface area contributed by atoms with E-state index >= 15 is 0 Å². The Bertz CT molecular complexity index is 437. The Labute approximate surface area is 120 Å². The van der Waals surface area contributed by atoms with Crippen LogP contribution in [-0.4, -0.2) is 65.3 Å². The van der Waals surface area contributed by atoms with Crippen LogP contribution in [0.2, 0.25) is 0 Å². The van der Waals surface area contributed by atoms with Crippen molar-refractivity contribution in [2.24, 2.45) is 11.8 Å².